The zero-order valence-electron chi connectivity index (χ0n) is 8.34. The van der Waals surface area contributed by atoms with Gasteiger partial charge in [-0.05, 0) is 50.7 Å². The monoisotopic (exact) mass is 195 g/mol. The Bertz CT molecular complexity index is 301. The molecule has 1 aliphatic rings. The predicted octanol–water partition coefficient (Wildman–Crippen LogP) is 2.82. The second-order valence-electron chi connectivity index (χ2n) is 4.09. The fourth-order valence-electron chi connectivity index (χ4n) is 2.28. The number of hydrogen-bond donors (Lipinski definition) is 1. The molecule has 1 heterocycles. The highest BCUT2D eigenvalue weighted by molar-refractivity contribution is 7.12. The van der Waals surface area contributed by atoms with Crippen LogP contribution in [0.1, 0.15) is 41.0 Å². The molecule has 0 bridgehead atoms. The molecule has 0 fully saturated rings. The van der Waals surface area contributed by atoms with Gasteiger partial charge in [-0.15, -0.1) is 11.3 Å². The van der Waals surface area contributed by atoms with Gasteiger partial charge in [0.05, 0.1) is 0 Å². The van der Waals surface area contributed by atoms with Crippen LogP contribution in [0.15, 0.2) is 6.07 Å². The summed E-state index contributed by atoms with van der Waals surface area (Å²) in [6.45, 7) is 4.33. The van der Waals surface area contributed by atoms with Gasteiger partial charge < -0.3 is 5.73 Å². The third kappa shape index (κ3) is 1.65. The van der Waals surface area contributed by atoms with Gasteiger partial charge in [-0.3, -0.25) is 0 Å². The molecular formula is C11H17NS. The zero-order chi connectivity index (χ0) is 9.42. The van der Waals surface area contributed by atoms with Crippen LogP contribution in [0.5, 0.6) is 0 Å². The summed E-state index contributed by atoms with van der Waals surface area (Å²) in [5, 5.41) is 0. The summed E-state index contributed by atoms with van der Waals surface area (Å²) in [5.41, 5.74) is 7.54. The minimum atomic E-state index is 0.313. The van der Waals surface area contributed by atoms with E-state index in [1.807, 2.05) is 11.3 Å². The standard InChI is InChI=1S/C11H17NS/c1-7-6-10-9(8(2)12)4-3-5-11(10)13-7/h6,8-9H,3-5,12H2,1-2H3. The van der Waals surface area contributed by atoms with E-state index in [9.17, 15) is 0 Å². The normalized spacial score (nSPS) is 24.1. The lowest BCUT2D eigenvalue weighted by atomic mass is 9.83. The SMILES string of the molecule is Cc1cc2c(s1)CCCC2C(C)N. The minimum Gasteiger partial charge on any atom is -0.327 e. The van der Waals surface area contributed by atoms with Crippen LogP contribution in [0.4, 0.5) is 0 Å². The van der Waals surface area contributed by atoms with Crippen molar-refractivity contribution in [2.45, 2.75) is 45.1 Å². The Morgan fingerprint density at radius 2 is 2.38 bits per heavy atom. The fraction of sp³-hybridized carbons (Fsp3) is 0.636. The molecule has 2 unspecified atom stereocenters. The first-order valence-corrected chi connectivity index (χ1v) is 5.85. The molecule has 0 amide bonds. The molecule has 2 atom stereocenters. The molecule has 72 valence electrons. The summed E-state index contributed by atoms with van der Waals surface area (Å²) in [6, 6.07) is 2.65. The predicted molar refractivity (Wildman–Crippen MR) is 58.4 cm³/mol. The van der Waals surface area contributed by atoms with Crippen LogP contribution < -0.4 is 5.73 Å². The van der Waals surface area contributed by atoms with Gasteiger partial charge in [-0.2, -0.15) is 0 Å². The molecule has 2 rings (SSSR count). The van der Waals surface area contributed by atoms with Gasteiger partial charge in [0.2, 0.25) is 0 Å². The summed E-state index contributed by atoms with van der Waals surface area (Å²) in [6.07, 6.45) is 3.87. The molecule has 2 N–H and O–H groups in total. The van der Waals surface area contributed by atoms with Crippen LogP contribution in [-0.4, -0.2) is 6.04 Å². The Morgan fingerprint density at radius 3 is 3.08 bits per heavy atom. The number of thiophene rings is 1. The number of hydrogen-bond acceptors (Lipinski definition) is 2. The first kappa shape index (κ1) is 9.22. The van der Waals surface area contributed by atoms with Gasteiger partial charge in [0.25, 0.3) is 0 Å². The molecule has 1 nitrogen and oxygen atoms in total. The van der Waals surface area contributed by atoms with E-state index >= 15 is 0 Å². The third-order valence-corrected chi connectivity index (χ3v) is 4.04. The van der Waals surface area contributed by atoms with E-state index in [-0.39, 0.29) is 0 Å². The van der Waals surface area contributed by atoms with Crippen molar-refractivity contribution in [3.63, 3.8) is 0 Å². The van der Waals surface area contributed by atoms with Gasteiger partial charge in [-0.1, -0.05) is 0 Å². The van der Waals surface area contributed by atoms with Crippen molar-refractivity contribution < 1.29 is 0 Å². The van der Waals surface area contributed by atoms with Crippen LogP contribution in [-0.2, 0) is 6.42 Å². The highest BCUT2D eigenvalue weighted by Crippen LogP contribution is 2.37. The average molecular weight is 195 g/mol. The van der Waals surface area contributed by atoms with E-state index in [2.05, 4.69) is 19.9 Å². The van der Waals surface area contributed by atoms with Crippen molar-refractivity contribution in [2.24, 2.45) is 5.73 Å². The first-order valence-electron chi connectivity index (χ1n) is 5.03. The number of rotatable bonds is 1. The van der Waals surface area contributed by atoms with Gasteiger partial charge in [0, 0.05) is 15.8 Å². The van der Waals surface area contributed by atoms with Crippen molar-refractivity contribution >= 4 is 11.3 Å². The smallest absolute Gasteiger partial charge is 0.00834 e. The van der Waals surface area contributed by atoms with Crippen molar-refractivity contribution in [1.29, 1.82) is 0 Å². The molecule has 1 aliphatic carbocycles. The van der Waals surface area contributed by atoms with Crippen LogP contribution in [0.3, 0.4) is 0 Å². The Labute approximate surface area is 84.0 Å². The molecule has 1 aromatic rings. The van der Waals surface area contributed by atoms with Crippen LogP contribution in [0.2, 0.25) is 0 Å². The van der Waals surface area contributed by atoms with E-state index in [1.165, 1.54) is 24.1 Å². The molecule has 1 aromatic heterocycles. The molecule has 0 saturated carbocycles. The summed E-state index contributed by atoms with van der Waals surface area (Å²) in [7, 11) is 0. The molecule has 0 radical (unpaired) electrons. The molecule has 13 heavy (non-hydrogen) atoms. The largest absolute Gasteiger partial charge is 0.327 e. The third-order valence-electron chi connectivity index (χ3n) is 2.92. The summed E-state index contributed by atoms with van der Waals surface area (Å²) >= 11 is 1.96. The molecular weight excluding hydrogens is 178 g/mol. The lowest BCUT2D eigenvalue weighted by molar-refractivity contribution is 0.489. The number of nitrogens with two attached hydrogens (primary N) is 1. The Kier molecular flexibility index (Phi) is 2.43. The molecule has 0 spiro atoms. The van der Waals surface area contributed by atoms with Gasteiger partial charge in [0.15, 0.2) is 0 Å². The van der Waals surface area contributed by atoms with Crippen molar-refractivity contribution in [2.75, 3.05) is 0 Å². The lowest BCUT2D eigenvalue weighted by Crippen LogP contribution is -2.27. The Hall–Kier alpha value is -0.340. The fourth-order valence-corrected chi connectivity index (χ4v) is 3.42. The number of aryl methyl sites for hydroxylation is 2. The quantitative estimate of drug-likeness (QED) is 0.732. The second kappa shape index (κ2) is 3.43. The first-order chi connectivity index (χ1) is 6.18. The van der Waals surface area contributed by atoms with Crippen molar-refractivity contribution in [3.8, 4) is 0 Å². The van der Waals surface area contributed by atoms with Crippen LogP contribution in [0, 0.1) is 6.92 Å². The summed E-state index contributed by atoms with van der Waals surface area (Å²) < 4.78 is 0. The summed E-state index contributed by atoms with van der Waals surface area (Å²) in [5.74, 6) is 0.619. The second-order valence-corrected chi connectivity index (χ2v) is 5.43. The maximum atomic E-state index is 6.00. The molecule has 2 heteroatoms. The topological polar surface area (TPSA) is 26.0 Å². The van der Waals surface area contributed by atoms with E-state index in [1.54, 1.807) is 10.4 Å². The van der Waals surface area contributed by atoms with Crippen molar-refractivity contribution in [1.82, 2.24) is 0 Å². The van der Waals surface area contributed by atoms with E-state index < -0.39 is 0 Å². The highest BCUT2D eigenvalue weighted by Gasteiger charge is 2.24. The van der Waals surface area contributed by atoms with Crippen molar-refractivity contribution in [3.05, 3.63) is 21.4 Å². The maximum absolute atomic E-state index is 6.00. The maximum Gasteiger partial charge on any atom is 0.00834 e. The van der Waals surface area contributed by atoms with Gasteiger partial charge in [-0.25, -0.2) is 0 Å². The van der Waals surface area contributed by atoms with Crippen LogP contribution >= 0.6 is 11.3 Å². The Morgan fingerprint density at radius 1 is 1.62 bits per heavy atom. The zero-order valence-corrected chi connectivity index (χ0v) is 9.16. The molecule has 0 aromatic carbocycles. The Balaban J connectivity index is 2.36. The molecule has 0 aliphatic heterocycles. The number of fused-ring (bicyclic) bond motifs is 1. The minimum absolute atomic E-state index is 0.313. The average Bonchev–Trinajstić information content (AvgIpc) is 2.43. The highest BCUT2D eigenvalue weighted by atomic mass is 32.1. The molecule has 0 saturated heterocycles. The lowest BCUT2D eigenvalue weighted by Gasteiger charge is -2.25. The van der Waals surface area contributed by atoms with E-state index in [0.717, 1.165) is 0 Å². The van der Waals surface area contributed by atoms with Gasteiger partial charge in [0.1, 0.15) is 0 Å². The van der Waals surface area contributed by atoms with Crippen LogP contribution in [0.25, 0.3) is 0 Å². The van der Waals surface area contributed by atoms with Gasteiger partial charge >= 0.3 is 0 Å². The summed E-state index contributed by atoms with van der Waals surface area (Å²) in [4.78, 5) is 3.03. The van der Waals surface area contributed by atoms with E-state index in [4.69, 9.17) is 5.73 Å². The van der Waals surface area contributed by atoms with E-state index in [0.29, 0.717) is 12.0 Å².